The number of aliphatic imine (C=N–C) groups is 1. The predicted molar refractivity (Wildman–Crippen MR) is 81.4 cm³/mol. The van der Waals surface area contributed by atoms with Crippen LogP contribution in [0.3, 0.4) is 0 Å². The quantitative estimate of drug-likeness (QED) is 0.522. The number of carbonyl (C=O) groups excluding carboxylic acids is 1. The van der Waals surface area contributed by atoms with E-state index >= 15 is 0 Å². The minimum absolute atomic E-state index is 0.0250. The number of aromatic nitrogens is 1. The molecule has 0 spiro atoms. The lowest BCUT2D eigenvalue weighted by atomic mass is 10.3. The van der Waals surface area contributed by atoms with Crippen LogP contribution in [-0.2, 0) is 4.74 Å². The zero-order valence-electron chi connectivity index (χ0n) is 12.9. The van der Waals surface area contributed by atoms with Gasteiger partial charge in [-0.3, -0.25) is 4.99 Å². The lowest BCUT2D eigenvalue weighted by Gasteiger charge is -2.20. The van der Waals surface area contributed by atoms with Crippen LogP contribution in [0.4, 0.5) is 0 Å². The van der Waals surface area contributed by atoms with Crippen molar-refractivity contribution in [1.82, 2.24) is 15.2 Å². The van der Waals surface area contributed by atoms with Gasteiger partial charge in [-0.25, -0.2) is 9.78 Å². The van der Waals surface area contributed by atoms with Crippen molar-refractivity contribution in [2.45, 2.75) is 26.8 Å². The fourth-order valence-electron chi connectivity index (χ4n) is 1.64. The van der Waals surface area contributed by atoms with Crippen LogP contribution in [0.2, 0.25) is 0 Å². The summed E-state index contributed by atoms with van der Waals surface area (Å²) in [5.74, 6) is 0.459. The second kappa shape index (κ2) is 7.23. The van der Waals surface area contributed by atoms with Crippen molar-refractivity contribution in [3.05, 3.63) is 15.6 Å². The van der Waals surface area contributed by atoms with E-state index in [1.54, 1.807) is 14.0 Å². The number of rotatable bonds is 4. The summed E-state index contributed by atoms with van der Waals surface area (Å²) < 4.78 is 5.02. The predicted octanol–water partition coefficient (Wildman–Crippen LogP) is 1.83. The van der Waals surface area contributed by atoms with Gasteiger partial charge in [0.2, 0.25) is 0 Å². The van der Waals surface area contributed by atoms with E-state index < -0.39 is 0 Å². The number of guanidine groups is 1. The average Bonchev–Trinajstić information content (AvgIpc) is 2.77. The molecular formula is C13H22N4O2S. The van der Waals surface area contributed by atoms with Crippen LogP contribution in [0, 0.1) is 6.92 Å². The summed E-state index contributed by atoms with van der Waals surface area (Å²) in [7, 11) is 5.56. The first kappa shape index (κ1) is 16.4. The number of nitrogens with one attached hydrogen (secondary N) is 1. The molecule has 1 aromatic heterocycles. The van der Waals surface area contributed by atoms with Gasteiger partial charge in [-0.05, 0) is 20.8 Å². The molecule has 0 radical (unpaired) electrons. The molecule has 0 aliphatic heterocycles. The Morgan fingerprint density at radius 1 is 1.55 bits per heavy atom. The molecule has 1 heterocycles. The highest BCUT2D eigenvalue weighted by Gasteiger charge is 2.20. The van der Waals surface area contributed by atoms with Crippen molar-refractivity contribution in [1.29, 1.82) is 0 Å². The third-order valence-electron chi connectivity index (χ3n) is 2.63. The minimum atomic E-state index is -0.307. The summed E-state index contributed by atoms with van der Waals surface area (Å²) in [6.07, 6.45) is 0. The Kier molecular flexibility index (Phi) is 5.94. The maximum atomic E-state index is 11.8. The van der Waals surface area contributed by atoms with Gasteiger partial charge in [-0.2, -0.15) is 0 Å². The van der Waals surface area contributed by atoms with Gasteiger partial charge in [-0.15, -0.1) is 11.3 Å². The van der Waals surface area contributed by atoms with Crippen molar-refractivity contribution in [2.24, 2.45) is 4.99 Å². The lowest BCUT2D eigenvalue weighted by Crippen LogP contribution is -2.37. The van der Waals surface area contributed by atoms with Gasteiger partial charge >= 0.3 is 5.97 Å². The molecule has 1 unspecified atom stereocenters. The fraction of sp³-hybridized carbons (Fsp3) is 0.615. The molecule has 0 aliphatic rings. The molecule has 6 nitrogen and oxygen atoms in total. The molecule has 0 saturated carbocycles. The van der Waals surface area contributed by atoms with E-state index in [1.807, 2.05) is 32.8 Å². The smallest absolute Gasteiger partial charge is 0.350 e. The monoisotopic (exact) mass is 298 g/mol. The van der Waals surface area contributed by atoms with Crippen LogP contribution < -0.4 is 5.32 Å². The lowest BCUT2D eigenvalue weighted by molar-refractivity contribution is 0.0531. The van der Waals surface area contributed by atoms with Gasteiger partial charge in [0.1, 0.15) is 9.88 Å². The normalized spacial score (nSPS) is 13.0. The van der Waals surface area contributed by atoms with E-state index in [1.165, 1.54) is 11.3 Å². The van der Waals surface area contributed by atoms with E-state index in [0.717, 1.165) is 11.0 Å². The van der Waals surface area contributed by atoms with E-state index in [9.17, 15) is 4.79 Å². The van der Waals surface area contributed by atoms with Crippen molar-refractivity contribution in [3.8, 4) is 0 Å². The highest BCUT2D eigenvalue weighted by molar-refractivity contribution is 7.13. The van der Waals surface area contributed by atoms with E-state index in [-0.39, 0.29) is 12.0 Å². The Labute approximate surface area is 123 Å². The number of hydrogen-bond acceptors (Lipinski definition) is 5. The molecule has 0 saturated heterocycles. The van der Waals surface area contributed by atoms with Crippen LogP contribution in [0.1, 0.15) is 40.3 Å². The van der Waals surface area contributed by atoms with E-state index in [0.29, 0.717) is 17.2 Å². The molecule has 7 heteroatoms. The summed E-state index contributed by atoms with van der Waals surface area (Å²) in [5, 5.41) is 4.11. The average molecular weight is 298 g/mol. The highest BCUT2D eigenvalue weighted by atomic mass is 32.1. The first-order chi connectivity index (χ1) is 9.40. The molecule has 1 N–H and O–H groups in total. The highest BCUT2D eigenvalue weighted by Crippen LogP contribution is 2.24. The molecule has 112 valence electrons. The Morgan fingerprint density at radius 3 is 2.70 bits per heavy atom. The summed E-state index contributed by atoms with van der Waals surface area (Å²) in [5.41, 5.74) is 0.706. The van der Waals surface area contributed by atoms with E-state index in [4.69, 9.17) is 4.74 Å². The van der Waals surface area contributed by atoms with Crippen molar-refractivity contribution in [3.63, 3.8) is 0 Å². The molecule has 1 rings (SSSR count). The van der Waals surface area contributed by atoms with Crippen LogP contribution in [0.5, 0.6) is 0 Å². The largest absolute Gasteiger partial charge is 0.462 e. The second-order valence-corrected chi connectivity index (χ2v) is 5.53. The molecular weight excluding hydrogens is 276 g/mol. The van der Waals surface area contributed by atoms with Gasteiger partial charge < -0.3 is 15.0 Å². The number of ether oxygens (including phenoxy) is 1. The number of nitrogens with zero attached hydrogens (tertiary/aromatic N) is 3. The first-order valence-electron chi connectivity index (χ1n) is 6.45. The number of aryl methyl sites for hydroxylation is 1. The molecule has 0 aliphatic carbocycles. The number of esters is 1. The molecule has 0 bridgehead atoms. The SMILES string of the molecule is CCOC(=O)c1sc(C(C)NC(=NC)N(C)C)nc1C. The summed E-state index contributed by atoms with van der Waals surface area (Å²) >= 11 is 1.36. The van der Waals surface area contributed by atoms with Crippen molar-refractivity contribution < 1.29 is 9.53 Å². The van der Waals surface area contributed by atoms with Crippen LogP contribution in [0.15, 0.2) is 4.99 Å². The number of carbonyl (C=O) groups is 1. The zero-order valence-corrected chi connectivity index (χ0v) is 13.7. The summed E-state index contributed by atoms with van der Waals surface area (Å²) in [6.45, 7) is 5.97. The maximum Gasteiger partial charge on any atom is 0.350 e. The van der Waals surface area contributed by atoms with Crippen LogP contribution in [-0.4, -0.2) is 49.6 Å². The van der Waals surface area contributed by atoms with Gasteiger partial charge in [0.15, 0.2) is 5.96 Å². The standard InChI is InChI=1S/C13H22N4O2S/c1-7-19-12(18)10-8(2)15-11(20-10)9(3)16-13(14-4)17(5)6/h9H,7H2,1-6H3,(H,14,16). The Hall–Kier alpha value is -1.63. The zero-order chi connectivity index (χ0) is 15.3. The van der Waals surface area contributed by atoms with E-state index in [2.05, 4.69) is 15.3 Å². The number of thiazole rings is 1. The van der Waals surface area contributed by atoms with Gasteiger partial charge in [-0.1, -0.05) is 0 Å². The maximum absolute atomic E-state index is 11.8. The third kappa shape index (κ3) is 3.93. The van der Waals surface area contributed by atoms with Crippen molar-refractivity contribution >= 4 is 23.3 Å². The molecule has 0 fully saturated rings. The molecule has 1 atom stereocenters. The third-order valence-corrected chi connectivity index (χ3v) is 3.95. The van der Waals surface area contributed by atoms with Gasteiger partial charge in [0.25, 0.3) is 0 Å². The second-order valence-electron chi connectivity index (χ2n) is 4.49. The Morgan fingerprint density at radius 2 is 2.20 bits per heavy atom. The van der Waals surface area contributed by atoms with Gasteiger partial charge in [0.05, 0.1) is 18.3 Å². The number of hydrogen-bond donors (Lipinski definition) is 1. The molecule has 0 amide bonds. The van der Waals surface area contributed by atoms with Crippen LogP contribution in [0.25, 0.3) is 0 Å². The molecule has 1 aromatic rings. The van der Waals surface area contributed by atoms with Crippen molar-refractivity contribution in [2.75, 3.05) is 27.7 Å². The van der Waals surface area contributed by atoms with Crippen LogP contribution >= 0.6 is 11.3 Å². The molecule has 20 heavy (non-hydrogen) atoms. The fourth-order valence-corrected chi connectivity index (χ4v) is 2.60. The van der Waals surface area contributed by atoms with Gasteiger partial charge in [0, 0.05) is 21.1 Å². The topological polar surface area (TPSA) is 66.8 Å². The minimum Gasteiger partial charge on any atom is -0.462 e. The summed E-state index contributed by atoms with van der Waals surface area (Å²) in [4.78, 5) is 22.8. The Bertz CT molecular complexity index is 497. The summed E-state index contributed by atoms with van der Waals surface area (Å²) in [6, 6.07) is -0.0250. The Balaban J connectivity index is 2.87. The first-order valence-corrected chi connectivity index (χ1v) is 7.27. The molecule has 0 aromatic carbocycles.